The van der Waals surface area contributed by atoms with Crippen LogP contribution >= 0.6 is 0 Å². The quantitative estimate of drug-likeness (QED) is 0.752. The number of methoxy groups -OCH3 is 1. The van der Waals surface area contributed by atoms with Gasteiger partial charge in [0.15, 0.2) is 11.9 Å². The fourth-order valence-corrected chi connectivity index (χ4v) is 3.64. The van der Waals surface area contributed by atoms with Gasteiger partial charge >= 0.3 is 11.9 Å². The predicted octanol–water partition coefficient (Wildman–Crippen LogP) is 0.836. The van der Waals surface area contributed by atoms with E-state index in [1.165, 1.54) is 20.1 Å². The van der Waals surface area contributed by atoms with Crippen LogP contribution in [0.2, 0.25) is 0 Å². The van der Waals surface area contributed by atoms with Crippen LogP contribution in [0.5, 0.6) is 0 Å². The summed E-state index contributed by atoms with van der Waals surface area (Å²) in [5.41, 5.74) is 0.0907. The van der Waals surface area contributed by atoms with Crippen LogP contribution in [0.3, 0.4) is 0 Å². The molecule has 1 saturated carbocycles. The van der Waals surface area contributed by atoms with Crippen molar-refractivity contribution in [1.29, 1.82) is 0 Å². The van der Waals surface area contributed by atoms with Gasteiger partial charge in [0, 0.05) is 19.8 Å². The molecule has 128 valence electrons. The number of aliphatic hydroxyl groups is 1. The molecule has 0 unspecified atom stereocenters. The average molecular weight is 326 g/mol. The fourth-order valence-electron chi connectivity index (χ4n) is 3.64. The molecule has 7 nitrogen and oxygen atoms in total. The normalized spacial score (nSPS) is 35.3. The summed E-state index contributed by atoms with van der Waals surface area (Å²) in [5.74, 6) is -1.94. The van der Waals surface area contributed by atoms with Crippen molar-refractivity contribution in [2.75, 3.05) is 7.11 Å². The van der Waals surface area contributed by atoms with Crippen molar-refractivity contribution in [2.45, 2.75) is 69.2 Å². The van der Waals surface area contributed by atoms with Gasteiger partial charge in [-0.3, -0.25) is 4.79 Å². The van der Waals surface area contributed by atoms with Crippen LogP contribution in [0.15, 0.2) is 11.6 Å². The molecule has 2 fully saturated rings. The molecule has 1 aliphatic heterocycles. The Hall–Kier alpha value is -1.44. The standard InChI is InChI=1S/C16H22O7/c1-9(17)21-12-10(15(19)20-2)8-11(18)13-14(12)23-16(22-13)6-4-3-5-7-16/h8,11-14,18H,3-7H2,1-2H3/t11-,12-,13-,14+/m1/s1. The molecule has 0 aromatic rings. The molecular formula is C16H22O7. The molecule has 0 bridgehead atoms. The van der Waals surface area contributed by atoms with Crippen molar-refractivity contribution < 1.29 is 33.6 Å². The molecule has 1 N–H and O–H groups in total. The summed E-state index contributed by atoms with van der Waals surface area (Å²) < 4.78 is 22.1. The number of carbonyl (C=O) groups excluding carboxylic acids is 2. The Bertz CT molecular complexity index is 521. The SMILES string of the molecule is COC(=O)C1=C[C@@H](O)[C@H]2OC3(CCCCC3)O[C@H]2[C@@H]1OC(C)=O. The van der Waals surface area contributed by atoms with Crippen LogP contribution in [0.1, 0.15) is 39.0 Å². The number of aliphatic hydroxyl groups excluding tert-OH is 1. The van der Waals surface area contributed by atoms with E-state index < -0.39 is 42.1 Å². The van der Waals surface area contributed by atoms with E-state index in [0.29, 0.717) is 0 Å². The molecule has 3 rings (SSSR count). The van der Waals surface area contributed by atoms with Gasteiger partial charge in [0.25, 0.3) is 0 Å². The Kier molecular flexibility index (Phi) is 4.44. The van der Waals surface area contributed by atoms with Crippen LogP contribution < -0.4 is 0 Å². The van der Waals surface area contributed by atoms with Gasteiger partial charge in [-0.15, -0.1) is 0 Å². The molecule has 0 aromatic heterocycles. The van der Waals surface area contributed by atoms with Gasteiger partial charge in [-0.1, -0.05) is 6.42 Å². The highest BCUT2D eigenvalue weighted by Crippen LogP contribution is 2.45. The Labute approximate surface area is 134 Å². The van der Waals surface area contributed by atoms with Crippen molar-refractivity contribution in [3.63, 3.8) is 0 Å². The second kappa shape index (κ2) is 6.22. The largest absolute Gasteiger partial charge is 0.466 e. The van der Waals surface area contributed by atoms with Crippen molar-refractivity contribution in [3.05, 3.63) is 11.6 Å². The van der Waals surface area contributed by atoms with Crippen LogP contribution in [0.25, 0.3) is 0 Å². The summed E-state index contributed by atoms with van der Waals surface area (Å²) in [4.78, 5) is 23.4. The molecule has 23 heavy (non-hydrogen) atoms. The number of ether oxygens (including phenoxy) is 4. The lowest BCUT2D eigenvalue weighted by atomic mass is 9.89. The van der Waals surface area contributed by atoms with Gasteiger partial charge in [-0.05, 0) is 18.9 Å². The van der Waals surface area contributed by atoms with E-state index >= 15 is 0 Å². The van der Waals surface area contributed by atoms with Crippen molar-refractivity contribution in [2.24, 2.45) is 0 Å². The van der Waals surface area contributed by atoms with Crippen LogP contribution in [-0.4, -0.2) is 54.4 Å². The second-order valence-corrected chi connectivity index (χ2v) is 6.27. The highest BCUT2D eigenvalue weighted by atomic mass is 16.8. The predicted molar refractivity (Wildman–Crippen MR) is 77.2 cm³/mol. The van der Waals surface area contributed by atoms with Crippen molar-refractivity contribution in [3.8, 4) is 0 Å². The van der Waals surface area contributed by atoms with Gasteiger partial charge in [-0.25, -0.2) is 4.79 Å². The molecule has 1 saturated heterocycles. The van der Waals surface area contributed by atoms with E-state index in [4.69, 9.17) is 18.9 Å². The minimum atomic E-state index is -1.01. The number of fused-ring (bicyclic) bond motifs is 1. The lowest BCUT2D eigenvalue weighted by molar-refractivity contribution is -0.203. The first-order valence-corrected chi connectivity index (χ1v) is 7.97. The van der Waals surface area contributed by atoms with E-state index in [-0.39, 0.29) is 5.57 Å². The molecule has 4 atom stereocenters. The molecular weight excluding hydrogens is 304 g/mol. The van der Waals surface area contributed by atoms with Crippen LogP contribution in [-0.2, 0) is 28.5 Å². The highest BCUT2D eigenvalue weighted by Gasteiger charge is 2.57. The fraction of sp³-hybridized carbons (Fsp3) is 0.750. The Morgan fingerprint density at radius 2 is 1.87 bits per heavy atom. The van der Waals surface area contributed by atoms with Gasteiger partial charge < -0.3 is 24.1 Å². The molecule has 0 radical (unpaired) electrons. The number of carbonyl (C=O) groups is 2. The van der Waals surface area contributed by atoms with E-state index in [0.717, 1.165) is 32.1 Å². The van der Waals surface area contributed by atoms with E-state index in [1.54, 1.807) is 0 Å². The number of hydrogen-bond acceptors (Lipinski definition) is 7. The third kappa shape index (κ3) is 3.00. The Morgan fingerprint density at radius 1 is 1.22 bits per heavy atom. The van der Waals surface area contributed by atoms with Crippen LogP contribution in [0, 0.1) is 0 Å². The third-order valence-corrected chi connectivity index (χ3v) is 4.65. The van der Waals surface area contributed by atoms with Gasteiger partial charge in [0.1, 0.15) is 18.3 Å². The zero-order valence-electron chi connectivity index (χ0n) is 13.3. The first-order valence-electron chi connectivity index (χ1n) is 7.97. The summed E-state index contributed by atoms with van der Waals surface area (Å²) >= 11 is 0. The summed E-state index contributed by atoms with van der Waals surface area (Å²) in [5, 5.41) is 10.3. The third-order valence-electron chi connectivity index (χ3n) is 4.65. The summed E-state index contributed by atoms with van der Waals surface area (Å²) in [6, 6.07) is 0. The van der Waals surface area contributed by atoms with Gasteiger partial charge in [-0.2, -0.15) is 0 Å². The molecule has 0 amide bonds. The number of esters is 2. The minimum Gasteiger partial charge on any atom is -0.466 e. The lowest BCUT2D eigenvalue weighted by Crippen LogP contribution is -2.49. The van der Waals surface area contributed by atoms with E-state index in [9.17, 15) is 14.7 Å². The summed E-state index contributed by atoms with van der Waals surface area (Å²) in [6.45, 7) is 1.27. The summed E-state index contributed by atoms with van der Waals surface area (Å²) in [7, 11) is 1.24. The zero-order chi connectivity index (χ0) is 16.6. The average Bonchev–Trinajstić information content (AvgIpc) is 2.89. The maximum Gasteiger partial charge on any atom is 0.337 e. The van der Waals surface area contributed by atoms with Gasteiger partial charge in [0.2, 0.25) is 0 Å². The summed E-state index contributed by atoms with van der Waals surface area (Å²) in [6.07, 6.45) is 2.54. The van der Waals surface area contributed by atoms with Gasteiger partial charge in [0.05, 0.1) is 12.7 Å². The maximum absolute atomic E-state index is 12.0. The Balaban J connectivity index is 1.90. The molecule has 1 spiro atoms. The van der Waals surface area contributed by atoms with Crippen molar-refractivity contribution >= 4 is 11.9 Å². The molecule has 7 heteroatoms. The van der Waals surface area contributed by atoms with E-state index in [1.807, 2.05) is 0 Å². The number of hydrogen-bond donors (Lipinski definition) is 1. The zero-order valence-corrected chi connectivity index (χ0v) is 13.3. The number of rotatable bonds is 2. The first-order chi connectivity index (χ1) is 11.0. The minimum absolute atomic E-state index is 0.0907. The lowest BCUT2D eigenvalue weighted by Gasteiger charge is -2.33. The molecule has 3 aliphatic rings. The Morgan fingerprint density at radius 3 is 2.48 bits per heavy atom. The van der Waals surface area contributed by atoms with Crippen LogP contribution in [0.4, 0.5) is 0 Å². The van der Waals surface area contributed by atoms with Crippen molar-refractivity contribution in [1.82, 2.24) is 0 Å². The smallest absolute Gasteiger partial charge is 0.337 e. The maximum atomic E-state index is 12.0. The molecule has 2 aliphatic carbocycles. The topological polar surface area (TPSA) is 91.3 Å². The second-order valence-electron chi connectivity index (χ2n) is 6.27. The first kappa shape index (κ1) is 16.4. The molecule has 0 aromatic carbocycles. The van der Waals surface area contributed by atoms with E-state index in [2.05, 4.69) is 0 Å². The monoisotopic (exact) mass is 326 g/mol. The highest BCUT2D eigenvalue weighted by molar-refractivity contribution is 5.90. The molecule has 1 heterocycles.